The lowest BCUT2D eigenvalue weighted by atomic mass is 9.85. The Morgan fingerprint density at radius 1 is 0.950 bits per heavy atom. The molecule has 0 aromatic rings. The number of hydrogen-bond donors (Lipinski definition) is 1. The number of nitrogens with zero attached hydrogens (tertiary/aromatic N) is 1. The normalized spacial score (nSPS) is 40.2. The first-order chi connectivity index (χ1) is 9.43. The van der Waals surface area contributed by atoms with E-state index in [1.165, 1.54) is 12.8 Å². The number of rotatable bonds is 3. The van der Waals surface area contributed by atoms with Crippen LogP contribution in [0, 0.1) is 5.92 Å². The molecule has 3 rings (SSSR count). The van der Waals surface area contributed by atoms with Crippen molar-refractivity contribution >= 4 is 0 Å². The van der Waals surface area contributed by atoms with Crippen molar-refractivity contribution < 1.29 is 13.2 Å². The van der Waals surface area contributed by atoms with Crippen molar-refractivity contribution in [2.24, 2.45) is 5.92 Å². The van der Waals surface area contributed by atoms with E-state index in [1.807, 2.05) is 0 Å². The molecule has 2 aliphatic carbocycles. The van der Waals surface area contributed by atoms with Crippen molar-refractivity contribution in [3.05, 3.63) is 0 Å². The van der Waals surface area contributed by atoms with E-state index in [1.54, 1.807) is 0 Å². The summed E-state index contributed by atoms with van der Waals surface area (Å²) in [6.45, 7) is 3.37. The second-order valence-corrected chi connectivity index (χ2v) is 6.97. The van der Waals surface area contributed by atoms with Crippen LogP contribution in [0.15, 0.2) is 0 Å². The quantitative estimate of drug-likeness (QED) is 0.858. The summed E-state index contributed by atoms with van der Waals surface area (Å²) < 4.78 is 37.9. The molecule has 2 nitrogen and oxygen atoms in total. The second kappa shape index (κ2) is 5.48. The van der Waals surface area contributed by atoms with Crippen LogP contribution >= 0.6 is 0 Å². The lowest BCUT2D eigenvalue weighted by Gasteiger charge is -2.32. The Kier molecular flexibility index (Phi) is 4.01. The van der Waals surface area contributed by atoms with Gasteiger partial charge in [-0.25, -0.2) is 0 Å². The van der Waals surface area contributed by atoms with Crippen LogP contribution in [0.5, 0.6) is 0 Å². The molecule has 1 heterocycles. The first-order valence-electron chi connectivity index (χ1n) is 8.02. The Morgan fingerprint density at radius 2 is 1.60 bits per heavy atom. The molecule has 0 amide bonds. The number of hydrogen-bond acceptors (Lipinski definition) is 2. The predicted octanol–water partition coefficient (Wildman–Crippen LogP) is 3.32. The largest absolute Gasteiger partial charge is 0.391 e. The van der Waals surface area contributed by atoms with Crippen LogP contribution in [0.1, 0.15) is 51.9 Å². The Bertz CT molecular complexity index is 333. The monoisotopic (exact) mass is 290 g/mol. The average molecular weight is 290 g/mol. The molecule has 116 valence electrons. The Balaban J connectivity index is 1.44. The highest BCUT2D eigenvalue weighted by atomic mass is 19.4. The van der Waals surface area contributed by atoms with E-state index in [-0.39, 0.29) is 0 Å². The molecule has 3 aliphatic rings. The zero-order chi connectivity index (χ0) is 14.3. The Morgan fingerprint density at radius 3 is 2.15 bits per heavy atom. The molecule has 20 heavy (non-hydrogen) atoms. The Labute approximate surface area is 119 Å². The second-order valence-electron chi connectivity index (χ2n) is 6.97. The summed E-state index contributed by atoms with van der Waals surface area (Å²) in [6, 6.07) is 2.20. The lowest BCUT2D eigenvalue weighted by molar-refractivity contribution is -0.182. The molecule has 0 aromatic carbocycles. The molecule has 2 atom stereocenters. The van der Waals surface area contributed by atoms with Gasteiger partial charge in [0.1, 0.15) is 0 Å². The molecule has 0 spiro atoms. The molecule has 5 heteroatoms. The maximum absolute atomic E-state index is 12.6. The fourth-order valence-corrected chi connectivity index (χ4v) is 4.01. The van der Waals surface area contributed by atoms with E-state index in [0.717, 1.165) is 19.0 Å². The van der Waals surface area contributed by atoms with E-state index in [0.29, 0.717) is 43.8 Å². The molecule has 2 saturated carbocycles. The van der Waals surface area contributed by atoms with Crippen molar-refractivity contribution in [2.45, 2.75) is 82.2 Å². The molecule has 0 bridgehead atoms. The minimum atomic E-state index is -3.99. The van der Waals surface area contributed by atoms with Crippen molar-refractivity contribution in [3.8, 4) is 0 Å². The maximum atomic E-state index is 12.6. The zero-order valence-corrected chi connectivity index (χ0v) is 12.1. The smallest absolute Gasteiger partial charge is 0.310 e. The van der Waals surface area contributed by atoms with Gasteiger partial charge in [-0.2, -0.15) is 13.2 Å². The van der Waals surface area contributed by atoms with Crippen LogP contribution in [-0.2, 0) is 0 Å². The van der Waals surface area contributed by atoms with Crippen molar-refractivity contribution in [1.82, 2.24) is 10.2 Å². The highest BCUT2D eigenvalue weighted by molar-refractivity contribution is 4.97. The van der Waals surface area contributed by atoms with Gasteiger partial charge in [-0.05, 0) is 51.9 Å². The highest BCUT2D eigenvalue weighted by Gasteiger charge is 2.43. The lowest BCUT2D eigenvalue weighted by Crippen LogP contribution is -2.43. The number of nitrogens with one attached hydrogen (secondary N) is 1. The summed E-state index contributed by atoms with van der Waals surface area (Å²) in [7, 11) is 0. The molecule has 1 saturated heterocycles. The van der Waals surface area contributed by atoms with E-state index in [4.69, 9.17) is 0 Å². The SMILES string of the molecule is CC1CC(NC2CCC(C(F)(F)F)CC2)CN1C1CC1. The highest BCUT2D eigenvalue weighted by Crippen LogP contribution is 2.38. The fourth-order valence-electron chi connectivity index (χ4n) is 4.01. The topological polar surface area (TPSA) is 15.3 Å². The molecular weight excluding hydrogens is 265 g/mol. The third-order valence-electron chi connectivity index (χ3n) is 5.30. The van der Waals surface area contributed by atoms with Gasteiger partial charge in [0.15, 0.2) is 0 Å². The van der Waals surface area contributed by atoms with E-state index >= 15 is 0 Å². The maximum Gasteiger partial charge on any atom is 0.391 e. The number of halogens is 3. The molecule has 1 aliphatic heterocycles. The molecule has 2 unspecified atom stereocenters. The summed E-state index contributed by atoms with van der Waals surface area (Å²) >= 11 is 0. The summed E-state index contributed by atoms with van der Waals surface area (Å²) in [4.78, 5) is 2.58. The molecule has 0 radical (unpaired) electrons. The fraction of sp³-hybridized carbons (Fsp3) is 1.00. The molecule has 3 fully saturated rings. The van der Waals surface area contributed by atoms with Gasteiger partial charge in [0.25, 0.3) is 0 Å². The van der Waals surface area contributed by atoms with Crippen molar-refractivity contribution in [1.29, 1.82) is 0 Å². The summed E-state index contributed by atoms with van der Waals surface area (Å²) in [6.07, 6.45) is 1.77. The third kappa shape index (κ3) is 3.30. The standard InChI is InChI=1S/C15H25F3N2/c1-10-8-13(9-20(10)14-6-7-14)19-12-4-2-11(3-5-12)15(16,17)18/h10-14,19H,2-9H2,1H3. The van der Waals surface area contributed by atoms with Crippen molar-refractivity contribution in [3.63, 3.8) is 0 Å². The van der Waals surface area contributed by atoms with Crippen LogP contribution in [0.3, 0.4) is 0 Å². The van der Waals surface area contributed by atoms with Crippen LogP contribution in [0.25, 0.3) is 0 Å². The van der Waals surface area contributed by atoms with Crippen LogP contribution in [0.2, 0.25) is 0 Å². The van der Waals surface area contributed by atoms with Gasteiger partial charge in [-0.15, -0.1) is 0 Å². The Hall–Kier alpha value is -0.290. The van der Waals surface area contributed by atoms with Gasteiger partial charge in [-0.3, -0.25) is 4.90 Å². The van der Waals surface area contributed by atoms with Crippen LogP contribution < -0.4 is 5.32 Å². The van der Waals surface area contributed by atoms with Crippen LogP contribution in [0.4, 0.5) is 13.2 Å². The van der Waals surface area contributed by atoms with E-state index < -0.39 is 12.1 Å². The number of likely N-dealkylation sites (tertiary alicyclic amines) is 1. The van der Waals surface area contributed by atoms with Gasteiger partial charge in [0.05, 0.1) is 5.92 Å². The van der Waals surface area contributed by atoms with E-state index in [2.05, 4.69) is 17.1 Å². The van der Waals surface area contributed by atoms with E-state index in [9.17, 15) is 13.2 Å². The van der Waals surface area contributed by atoms with Gasteiger partial charge in [0, 0.05) is 30.7 Å². The van der Waals surface area contributed by atoms with Gasteiger partial charge in [-0.1, -0.05) is 0 Å². The summed E-state index contributed by atoms with van der Waals surface area (Å²) in [5, 5.41) is 3.62. The zero-order valence-electron chi connectivity index (χ0n) is 12.1. The van der Waals surface area contributed by atoms with Gasteiger partial charge in [0.2, 0.25) is 0 Å². The minimum absolute atomic E-state index is 0.296. The van der Waals surface area contributed by atoms with Gasteiger partial charge < -0.3 is 5.32 Å². The first-order valence-corrected chi connectivity index (χ1v) is 8.02. The molecule has 0 aromatic heterocycles. The molecular formula is C15H25F3N2. The summed E-state index contributed by atoms with van der Waals surface area (Å²) in [5.41, 5.74) is 0. The number of alkyl halides is 3. The first kappa shape index (κ1) is 14.6. The average Bonchev–Trinajstić information content (AvgIpc) is 3.14. The predicted molar refractivity (Wildman–Crippen MR) is 72.5 cm³/mol. The summed E-state index contributed by atoms with van der Waals surface area (Å²) in [5.74, 6) is -1.06. The minimum Gasteiger partial charge on any atom is -0.310 e. The van der Waals surface area contributed by atoms with Crippen molar-refractivity contribution in [2.75, 3.05) is 6.54 Å². The molecule has 1 N–H and O–H groups in total. The third-order valence-corrected chi connectivity index (χ3v) is 5.30. The van der Waals surface area contributed by atoms with Crippen LogP contribution in [-0.4, -0.2) is 41.8 Å². The van der Waals surface area contributed by atoms with Gasteiger partial charge >= 0.3 is 6.18 Å².